The molecule has 0 unspecified atom stereocenters. The summed E-state index contributed by atoms with van der Waals surface area (Å²) in [6, 6.07) is 1.82. The van der Waals surface area contributed by atoms with Crippen molar-refractivity contribution in [1.82, 2.24) is 15.4 Å². The number of halogens is 1. The highest BCUT2D eigenvalue weighted by Gasteiger charge is 2.07. The van der Waals surface area contributed by atoms with Crippen molar-refractivity contribution in [3.8, 4) is 12.3 Å². The van der Waals surface area contributed by atoms with E-state index in [2.05, 4.69) is 21.4 Å². The van der Waals surface area contributed by atoms with E-state index in [0.717, 1.165) is 18.2 Å². The molecule has 0 fully saturated rings. The molecule has 1 N–H and O–H groups in total. The highest BCUT2D eigenvalue weighted by molar-refractivity contribution is 14.0. The molecule has 17 heavy (non-hydrogen) atoms. The minimum atomic E-state index is 0. The van der Waals surface area contributed by atoms with E-state index in [0.29, 0.717) is 13.1 Å². The number of nitrogens with one attached hydrogen (secondary N) is 1. The third-order valence-corrected chi connectivity index (χ3v) is 1.91. The van der Waals surface area contributed by atoms with Crippen LogP contribution in [0.25, 0.3) is 0 Å². The zero-order valence-electron chi connectivity index (χ0n) is 10.0. The van der Waals surface area contributed by atoms with E-state index in [-0.39, 0.29) is 24.0 Å². The Labute approximate surface area is 119 Å². The first-order valence-corrected chi connectivity index (χ1v) is 5.10. The Morgan fingerprint density at radius 2 is 2.47 bits per heavy atom. The molecule has 6 heteroatoms. The number of hydrogen-bond donors (Lipinski definition) is 1. The molecule has 0 radical (unpaired) electrons. The van der Waals surface area contributed by atoms with E-state index in [4.69, 9.17) is 10.9 Å². The van der Waals surface area contributed by atoms with Crippen LogP contribution in [0.3, 0.4) is 0 Å². The summed E-state index contributed by atoms with van der Waals surface area (Å²) in [7, 11) is 1.92. The fourth-order valence-electron chi connectivity index (χ4n) is 1.23. The Bertz CT molecular complexity index is 369. The van der Waals surface area contributed by atoms with Crippen molar-refractivity contribution in [1.29, 1.82) is 0 Å². The number of guanidine groups is 1. The van der Waals surface area contributed by atoms with Gasteiger partial charge in [-0.15, -0.1) is 30.4 Å². The van der Waals surface area contributed by atoms with Gasteiger partial charge in [0.2, 0.25) is 0 Å². The van der Waals surface area contributed by atoms with Crippen LogP contribution < -0.4 is 5.32 Å². The van der Waals surface area contributed by atoms with Crippen LogP contribution in [0.4, 0.5) is 0 Å². The van der Waals surface area contributed by atoms with Gasteiger partial charge in [0, 0.05) is 19.7 Å². The van der Waals surface area contributed by atoms with Crippen LogP contribution in [0.2, 0.25) is 0 Å². The highest BCUT2D eigenvalue weighted by Crippen LogP contribution is 1.99. The Hall–Kier alpha value is -1.23. The lowest BCUT2D eigenvalue weighted by Crippen LogP contribution is -2.38. The van der Waals surface area contributed by atoms with E-state index in [9.17, 15) is 0 Å². The topological polar surface area (TPSA) is 53.7 Å². The molecule has 1 aromatic heterocycles. The third kappa shape index (κ3) is 5.58. The average Bonchev–Trinajstić information content (AvgIpc) is 2.76. The second kappa shape index (κ2) is 8.87. The number of terminal acetylenes is 1. The number of nitrogens with zero attached hydrogens (tertiary/aromatic N) is 3. The molecule has 0 amide bonds. The monoisotopic (exact) mass is 348 g/mol. The van der Waals surface area contributed by atoms with E-state index in [1.807, 2.05) is 24.9 Å². The fourth-order valence-corrected chi connectivity index (χ4v) is 1.23. The summed E-state index contributed by atoms with van der Waals surface area (Å²) in [6.45, 7) is 3.81. The van der Waals surface area contributed by atoms with Gasteiger partial charge in [-0.2, -0.15) is 0 Å². The average molecular weight is 348 g/mol. The normalized spacial score (nSPS) is 10.3. The van der Waals surface area contributed by atoms with Crippen LogP contribution in [0.15, 0.2) is 21.8 Å². The summed E-state index contributed by atoms with van der Waals surface area (Å²) >= 11 is 0. The lowest BCUT2D eigenvalue weighted by atomic mass is 10.4. The van der Waals surface area contributed by atoms with Crippen LogP contribution in [-0.4, -0.2) is 36.2 Å². The summed E-state index contributed by atoms with van der Waals surface area (Å²) in [4.78, 5) is 6.19. The summed E-state index contributed by atoms with van der Waals surface area (Å²) in [5.74, 6) is 3.25. The minimum absolute atomic E-state index is 0. The van der Waals surface area contributed by atoms with Crippen molar-refractivity contribution in [2.45, 2.75) is 13.5 Å². The van der Waals surface area contributed by atoms with Crippen molar-refractivity contribution >= 4 is 29.9 Å². The fraction of sp³-hybridized carbons (Fsp3) is 0.455. The molecule has 0 atom stereocenters. The molecular formula is C11H17IN4O. The van der Waals surface area contributed by atoms with Gasteiger partial charge < -0.3 is 14.7 Å². The van der Waals surface area contributed by atoms with Gasteiger partial charge in [0.25, 0.3) is 0 Å². The number of aromatic nitrogens is 1. The Kier molecular flexibility index (Phi) is 8.23. The maximum absolute atomic E-state index is 5.18. The van der Waals surface area contributed by atoms with Gasteiger partial charge in [0.15, 0.2) is 5.96 Å². The van der Waals surface area contributed by atoms with Crippen LogP contribution in [0.5, 0.6) is 0 Å². The summed E-state index contributed by atoms with van der Waals surface area (Å²) in [5, 5.41) is 6.99. The largest absolute Gasteiger partial charge is 0.364 e. The predicted molar refractivity (Wildman–Crippen MR) is 78.2 cm³/mol. The van der Waals surface area contributed by atoms with Crippen LogP contribution in [0.1, 0.15) is 12.6 Å². The molecular weight excluding hydrogens is 331 g/mol. The van der Waals surface area contributed by atoms with E-state index in [1.54, 1.807) is 6.26 Å². The SMILES string of the molecule is C#CCN=C(NCC)N(C)Cc1ccon1.I. The van der Waals surface area contributed by atoms with Crippen LogP contribution in [-0.2, 0) is 6.54 Å². The first-order chi connectivity index (χ1) is 7.77. The Morgan fingerprint density at radius 3 is 3.00 bits per heavy atom. The molecule has 0 bridgehead atoms. The quantitative estimate of drug-likeness (QED) is 0.386. The third-order valence-electron chi connectivity index (χ3n) is 1.91. The minimum Gasteiger partial charge on any atom is -0.364 e. The van der Waals surface area contributed by atoms with Crippen molar-refractivity contribution in [3.63, 3.8) is 0 Å². The van der Waals surface area contributed by atoms with Crippen molar-refractivity contribution < 1.29 is 4.52 Å². The lowest BCUT2D eigenvalue weighted by molar-refractivity contribution is 0.391. The smallest absolute Gasteiger partial charge is 0.194 e. The zero-order valence-corrected chi connectivity index (χ0v) is 12.3. The van der Waals surface area contributed by atoms with E-state index >= 15 is 0 Å². The summed E-state index contributed by atoms with van der Waals surface area (Å²) < 4.78 is 4.77. The molecule has 0 saturated carbocycles. The Balaban J connectivity index is 0.00000256. The molecule has 5 nitrogen and oxygen atoms in total. The summed E-state index contributed by atoms with van der Waals surface area (Å²) in [6.07, 6.45) is 6.73. The molecule has 0 aromatic carbocycles. The van der Waals surface area contributed by atoms with Gasteiger partial charge in [-0.05, 0) is 6.92 Å². The molecule has 94 valence electrons. The van der Waals surface area contributed by atoms with Gasteiger partial charge in [0.1, 0.15) is 18.5 Å². The molecule has 0 spiro atoms. The molecule has 1 aromatic rings. The van der Waals surface area contributed by atoms with Crippen molar-refractivity contribution in [2.24, 2.45) is 4.99 Å². The number of aliphatic imine (C=N–C) groups is 1. The maximum atomic E-state index is 5.18. The van der Waals surface area contributed by atoms with Crippen LogP contribution >= 0.6 is 24.0 Å². The van der Waals surface area contributed by atoms with Crippen molar-refractivity contribution in [3.05, 3.63) is 18.0 Å². The standard InChI is InChI=1S/C11H16N4O.HI/c1-4-7-13-11(12-5-2)15(3)9-10-6-8-16-14-10;/h1,6,8H,5,7,9H2,2-3H3,(H,12,13);1H. The van der Waals surface area contributed by atoms with Gasteiger partial charge in [0.05, 0.1) is 6.54 Å². The van der Waals surface area contributed by atoms with E-state index in [1.165, 1.54) is 0 Å². The molecule has 0 aliphatic carbocycles. The predicted octanol–water partition coefficient (Wildman–Crippen LogP) is 1.32. The highest BCUT2D eigenvalue weighted by atomic mass is 127. The maximum Gasteiger partial charge on any atom is 0.194 e. The van der Waals surface area contributed by atoms with Gasteiger partial charge >= 0.3 is 0 Å². The second-order valence-electron chi connectivity index (χ2n) is 3.22. The Morgan fingerprint density at radius 1 is 1.71 bits per heavy atom. The number of hydrogen-bond acceptors (Lipinski definition) is 3. The van der Waals surface area contributed by atoms with E-state index < -0.39 is 0 Å². The first kappa shape index (κ1) is 15.8. The van der Waals surface area contributed by atoms with Crippen LogP contribution in [0, 0.1) is 12.3 Å². The lowest BCUT2D eigenvalue weighted by Gasteiger charge is -2.20. The van der Waals surface area contributed by atoms with Crippen molar-refractivity contribution in [2.75, 3.05) is 20.1 Å². The summed E-state index contributed by atoms with van der Waals surface area (Å²) in [5.41, 5.74) is 0.855. The second-order valence-corrected chi connectivity index (χ2v) is 3.22. The molecule has 0 aliphatic heterocycles. The molecule has 0 aliphatic rings. The molecule has 1 rings (SSSR count). The van der Waals surface area contributed by atoms with Gasteiger partial charge in [-0.25, -0.2) is 4.99 Å². The number of rotatable bonds is 4. The molecule has 0 saturated heterocycles. The zero-order chi connectivity index (χ0) is 11.8. The van der Waals surface area contributed by atoms with Gasteiger partial charge in [-0.3, -0.25) is 0 Å². The van der Waals surface area contributed by atoms with Gasteiger partial charge in [-0.1, -0.05) is 11.1 Å². The molecule has 1 heterocycles. The first-order valence-electron chi connectivity index (χ1n) is 5.10.